The molecule has 7 heteroatoms. The van der Waals surface area contributed by atoms with E-state index in [4.69, 9.17) is 4.98 Å². The van der Waals surface area contributed by atoms with Gasteiger partial charge in [-0.05, 0) is 55.3 Å². The molecular formula is C24H24FN5O. The van der Waals surface area contributed by atoms with E-state index in [0.29, 0.717) is 31.7 Å². The standard InChI is InChI=1S/C24H24FN5O/c1-16-5-3-6-19(17(16)2)27-24(31)29-13-11-28(12-14-29)23-22-7-4-10-30(22)21-9-8-18(25)15-20(21)26-23/h3-10,15H,11-14H2,1-2H3,(H,27,31). The lowest BCUT2D eigenvalue weighted by Crippen LogP contribution is -2.50. The first-order valence-electron chi connectivity index (χ1n) is 10.4. The lowest BCUT2D eigenvalue weighted by Gasteiger charge is -2.35. The van der Waals surface area contributed by atoms with Gasteiger partial charge in [0.2, 0.25) is 0 Å². The van der Waals surface area contributed by atoms with Crippen molar-refractivity contribution in [2.24, 2.45) is 0 Å². The zero-order valence-corrected chi connectivity index (χ0v) is 17.6. The predicted octanol–water partition coefficient (Wildman–Crippen LogP) is 4.60. The second kappa shape index (κ2) is 7.58. The van der Waals surface area contributed by atoms with Crippen LogP contribution in [0, 0.1) is 19.7 Å². The molecule has 0 saturated carbocycles. The molecule has 1 N–H and O–H groups in total. The van der Waals surface area contributed by atoms with Gasteiger partial charge in [-0.2, -0.15) is 0 Å². The Morgan fingerprint density at radius 2 is 1.81 bits per heavy atom. The molecular weight excluding hydrogens is 393 g/mol. The fourth-order valence-corrected chi connectivity index (χ4v) is 4.17. The molecule has 2 aromatic heterocycles. The summed E-state index contributed by atoms with van der Waals surface area (Å²) < 4.78 is 15.8. The Bertz CT molecular complexity index is 1290. The van der Waals surface area contributed by atoms with Crippen LogP contribution < -0.4 is 10.2 Å². The molecule has 0 bridgehead atoms. The van der Waals surface area contributed by atoms with E-state index in [1.807, 2.05) is 59.7 Å². The first-order valence-corrected chi connectivity index (χ1v) is 10.4. The van der Waals surface area contributed by atoms with E-state index in [2.05, 4.69) is 10.2 Å². The molecule has 158 valence electrons. The highest BCUT2D eigenvalue weighted by Gasteiger charge is 2.24. The van der Waals surface area contributed by atoms with Gasteiger partial charge in [-0.15, -0.1) is 0 Å². The summed E-state index contributed by atoms with van der Waals surface area (Å²) in [5.41, 5.74) is 5.55. The van der Waals surface area contributed by atoms with Crippen molar-refractivity contribution in [3.8, 4) is 0 Å². The van der Waals surface area contributed by atoms with Crippen molar-refractivity contribution in [3.63, 3.8) is 0 Å². The summed E-state index contributed by atoms with van der Waals surface area (Å²) >= 11 is 0. The maximum Gasteiger partial charge on any atom is 0.321 e. The van der Waals surface area contributed by atoms with Crippen LogP contribution in [0.4, 0.5) is 20.7 Å². The summed E-state index contributed by atoms with van der Waals surface area (Å²) in [6.07, 6.45) is 1.97. The van der Waals surface area contributed by atoms with Gasteiger partial charge >= 0.3 is 6.03 Å². The van der Waals surface area contributed by atoms with Gasteiger partial charge in [0, 0.05) is 44.1 Å². The van der Waals surface area contributed by atoms with Gasteiger partial charge in [0.15, 0.2) is 5.82 Å². The maximum atomic E-state index is 13.8. The normalized spacial score (nSPS) is 14.4. The SMILES string of the molecule is Cc1cccc(NC(=O)N2CCN(c3nc4cc(F)ccc4n4cccc34)CC2)c1C. The van der Waals surface area contributed by atoms with E-state index in [-0.39, 0.29) is 11.8 Å². The van der Waals surface area contributed by atoms with Gasteiger partial charge < -0.3 is 19.5 Å². The number of urea groups is 1. The van der Waals surface area contributed by atoms with Crippen LogP contribution in [-0.4, -0.2) is 46.5 Å². The number of carbonyl (C=O) groups is 1. The van der Waals surface area contributed by atoms with Crippen molar-refractivity contribution in [1.29, 1.82) is 0 Å². The third-order valence-electron chi connectivity index (χ3n) is 6.11. The van der Waals surface area contributed by atoms with Crippen LogP contribution in [0.1, 0.15) is 11.1 Å². The lowest BCUT2D eigenvalue weighted by molar-refractivity contribution is 0.208. The topological polar surface area (TPSA) is 52.9 Å². The van der Waals surface area contributed by atoms with Crippen molar-refractivity contribution >= 4 is 34.1 Å². The predicted molar refractivity (Wildman–Crippen MR) is 121 cm³/mol. The highest BCUT2D eigenvalue weighted by molar-refractivity contribution is 5.91. The average Bonchev–Trinajstić information content (AvgIpc) is 3.26. The lowest BCUT2D eigenvalue weighted by atomic mass is 10.1. The number of aromatic nitrogens is 2. The molecule has 0 atom stereocenters. The van der Waals surface area contributed by atoms with Gasteiger partial charge in [0.25, 0.3) is 0 Å². The smallest absolute Gasteiger partial charge is 0.321 e. The van der Waals surface area contributed by atoms with Crippen LogP contribution >= 0.6 is 0 Å². The molecule has 3 heterocycles. The van der Waals surface area contributed by atoms with Crippen LogP contribution in [0.15, 0.2) is 54.7 Å². The number of carbonyl (C=O) groups excluding carboxylic acids is 1. The fourth-order valence-electron chi connectivity index (χ4n) is 4.17. The quantitative estimate of drug-likeness (QED) is 0.519. The van der Waals surface area contributed by atoms with Crippen molar-refractivity contribution in [3.05, 3.63) is 71.7 Å². The molecule has 31 heavy (non-hydrogen) atoms. The Morgan fingerprint density at radius 3 is 2.61 bits per heavy atom. The number of benzene rings is 2. The van der Waals surface area contributed by atoms with Crippen LogP contribution in [0.25, 0.3) is 16.6 Å². The molecule has 1 aliphatic heterocycles. The molecule has 6 nitrogen and oxygen atoms in total. The number of hydrogen-bond acceptors (Lipinski definition) is 3. The Balaban J connectivity index is 1.35. The van der Waals surface area contributed by atoms with Gasteiger partial charge in [0.05, 0.1) is 16.6 Å². The minimum atomic E-state index is -0.301. The molecule has 0 radical (unpaired) electrons. The Morgan fingerprint density at radius 1 is 1.00 bits per heavy atom. The minimum Gasteiger partial charge on any atom is -0.351 e. The molecule has 1 saturated heterocycles. The number of anilines is 2. The molecule has 1 aliphatic rings. The van der Waals surface area contributed by atoms with Gasteiger partial charge in [-0.25, -0.2) is 14.2 Å². The Labute approximate surface area is 179 Å². The van der Waals surface area contributed by atoms with Crippen LogP contribution in [0.3, 0.4) is 0 Å². The van der Waals surface area contributed by atoms with E-state index >= 15 is 0 Å². The van der Waals surface area contributed by atoms with Crippen molar-refractivity contribution in [2.75, 3.05) is 36.4 Å². The highest BCUT2D eigenvalue weighted by Crippen LogP contribution is 2.27. The number of piperazine rings is 1. The zero-order chi connectivity index (χ0) is 21.5. The molecule has 5 rings (SSSR count). The van der Waals surface area contributed by atoms with Crippen LogP contribution in [0.5, 0.6) is 0 Å². The molecule has 0 unspecified atom stereocenters. The van der Waals surface area contributed by atoms with E-state index in [1.165, 1.54) is 12.1 Å². The highest BCUT2D eigenvalue weighted by atomic mass is 19.1. The molecule has 0 spiro atoms. The molecule has 4 aromatic rings. The molecule has 2 amide bonds. The van der Waals surface area contributed by atoms with E-state index in [0.717, 1.165) is 33.7 Å². The van der Waals surface area contributed by atoms with Gasteiger partial charge in [0.1, 0.15) is 5.82 Å². The summed E-state index contributed by atoms with van der Waals surface area (Å²) in [6.45, 7) is 6.55. The van der Waals surface area contributed by atoms with Crippen LogP contribution in [-0.2, 0) is 0 Å². The van der Waals surface area contributed by atoms with E-state index in [1.54, 1.807) is 6.07 Å². The third kappa shape index (κ3) is 3.46. The van der Waals surface area contributed by atoms with Crippen LogP contribution in [0.2, 0.25) is 0 Å². The monoisotopic (exact) mass is 417 g/mol. The third-order valence-corrected chi connectivity index (χ3v) is 6.11. The number of nitrogens with zero attached hydrogens (tertiary/aromatic N) is 4. The van der Waals surface area contributed by atoms with E-state index in [9.17, 15) is 9.18 Å². The summed E-state index contributed by atoms with van der Waals surface area (Å²) in [7, 11) is 0. The minimum absolute atomic E-state index is 0.0882. The average molecular weight is 417 g/mol. The van der Waals surface area contributed by atoms with Crippen molar-refractivity contribution in [2.45, 2.75) is 13.8 Å². The number of hydrogen-bond donors (Lipinski definition) is 1. The summed E-state index contributed by atoms with van der Waals surface area (Å²) in [6, 6.07) is 14.5. The van der Waals surface area contributed by atoms with E-state index < -0.39 is 0 Å². The van der Waals surface area contributed by atoms with Gasteiger partial charge in [-0.3, -0.25) is 0 Å². The largest absolute Gasteiger partial charge is 0.351 e. The number of amides is 2. The first-order chi connectivity index (χ1) is 15.0. The summed E-state index contributed by atoms with van der Waals surface area (Å²) in [5, 5.41) is 3.04. The second-order valence-corrected chi connectivity index (χ2v) is 7.98. The Hall–Kier alpha value is -3.61. The van der Waals surface area contributed by atoms with Gasteiger partial charge in [-0.1, -0.05) is 12.1 Å². The maximum absolute atomic E-state index is 13.8. The zero-order valence-electron chi connectivity index (χ0n) is 17.6. The first kappa shape index (κ1) is 19.4. The van der Waals surface area contributed by atoms with Crippen molar-refractivity contribution in [1.82, 2.24) is 14.3 Å². The number of rotatable bonds is 2. The molecule has 2 aromatic carbocycles. The number of halogens is 1. The number of fused-ring (bicyclic) bond motifs is 3. The van der Waals surface area contributed by atoms with Crippen molar-refractivity contribution < 1.29 is 9.18 Å². The fraction of sp³-hybridized carbons (Fsp3) is 0.250. The summed E-state index contributed by atoms with van der Waals surface area (Å²) in [5.74, 6) is 0.517. The molecule has 1 fully saturated rings. The molecule has 0 aliphatic carbocycles. The number of aryl methyl sites for hydroxylation is 1. The Kier molecular flexibility index (Phi) is 4.73. The second-order valence-electron chi connectivity index (χ2n) is 7.98. The summed E-state index contributed by atoms with van der Waals surface area (Å²) in [4.78, 5) is 21.6. The number of nitrogens with one attached hydrogen (secondary N) is 1.